The average Bonchev–Trinajstić information content (AvgIpc) is 2.71. The highest BCUT2D eigenvalue weighted by atomic mass is 32.2. The average molecular weight is 477 g/mol. The molecule has 0 amide bonds. The van der Waals surface area contributed by atoms with Gasteiger partial charge in [0.25, 0.3) is 0 Å². The summed E-state index contributed by atoms with van der Waals surface area (Å²) in [4.78, 5) is 4.60. The largest absolute Gasteiger partial charge is 0.598 e. The monoisotopic (exact) mass is 476 g/mol. The van der Waals surface area contributed by atoms with Crippen LogP contribution in [0, 0.1) is 0 Å². The Morgan fingerprint density at radius 2 is 1.62 bits per heavy atom. The van der Waals surface area contributed by atoms with Gasteiger partial charge in [0, 0.05) is 17.6 Å². The van der Waals surface area contributed by atoms with Crippen LogP contribution in [-0.2, 0) is 27.1 Å². The Labute approximate surface area is 198 Å². The van der Waals surface area contributed by atoms with Gasteiger partial charge in [0.1, 0.15) is 16.9 Å². The van der Waals surface area contributed by atoms with E-state index < -0.39 is 24.4 Å². The highest BCUT2D eigenvalue weighted by molar-refractivity contribution is 7.90. The number of hydrogen-bond acceptors (Lipinski definition) is 5. The number of aromatic nitrogens is 1. The molecule has 3 atom stereocenters. The predicted octanol–water partition coefficient (Wildman–Crippen LogP) is 5.78. The lowest BCUT2D eigenvalue weighted by molar-refractivity contribution is 0.0515. The topological polar surface area (TPSA) is 66.4 Å². The molecular formula is C25H40N2O3SSi. The second kappa shape index (κ2) is 11.3. The van der Waals surface area contributed by atoms with Gasteiger partial charge in [-0.3, -0.25) is 4.98 Å². The zero-order valence-corrected chi connectivity index (χ0v) is 22.7. The number of nitrogens with one attached hydrogen (secondary N) is 1. The fraction of sp³-hybridized carbons (Fsp3) is 0.560. The first-order valence-electron chi connectivity index (χ1n) is 11.2. The van der Waals surface area contributed by atoms with Crippen LogP contribution in [0.5, 0.6) is 0 Å². The number of pyridine rings is 1. The van der Waals surface area contributed by atoms with Crippen molar-refractivity contribution in [1.82, 2.24) is 9.71 Å². The number of benzene rings is 1. The van der Waals surface area contributed by atoms with Gasteiger partial charge in [0.15, 0.2) is 8.32 Å². The van der Waals surface area contributed by atoms with E-state index in [4.69, 9.17) is 9.16 Å². The highest BCUT2D eigenvalue weighted by Crippen LogP contribution is 2.40. The highest BCUT2D eigenvalue weighted by Gasteiger charge is 2.43. The summed E-state index contributed by atoms with van der Waals surface area (Å²) >= 11 is -1.28. The lowest BCUT2D eigenvalue weighted by Gasteiger charge is -2.41. The van der Waals surface area contributed by atoms with Crippen LogP contribution in [0.15, 0.2) is 54.7 Å². The van der Waals surface area contributed by atoms with Gasteiger partial charge in [-0.2, -0.15) is 0 Å². The van der Waals surface area contributed by atoms with Gasteiger partial charge in [0.05, 0.1) is 18.9 Å². The molecule has 0 radical (unpaired) electrons. The number of ether oxygens (including phenoxy) is 1. The lowest BCUT2D eigenvalue weighted by atomic mass is 10.1. The van der Waals surface area contributed by atoms with Crippen molar-refractivity contribution in [3.63, 3.8) is 0 Å². The summed E-state index contributed by atoms with van der Waals surface area (Å²) < 4.78 is 29.0. The maximum absolute atomic E-state index is 13.1. The molecule has 1 heterocycles. The second-order valence-electron chi connectivity index (χ2n) is 10.7. The van der Waals surface area contributed by atoms with Crippen molar-refractivity contribution < 1.29 is 13.7 Å². The van der Waals surface area contributed by atoms with E-state index in [2.05, 4.69) is 43.6 Å². The van der Waals surface area contributed by atoms with Crippen molar-refractivity contribution in [2.24, 2.45) is 0 Å². The van der Waals surface area contributed by atoms with Gasteiger partial charge in [-0.1, -0.05) is 57.2 Å². The van der Waals surface area contributed by atoms with E-state index in [1.807, 2.05) is 69.3 Å². The van der Waals surface area contributed by atoms with Crippen molar-refractivity contribution in [3.8, 4) is 0 Å². The van der Waals surface area contributed by atoms with Gasteiger partial charge in [0.2, 0.25) is 0 Å². The summed E-state index contributed by atoms with van der Waals surface area (Å²) in [5.74, 6) is 0. The Kier molecular flexibility index (Phi) is 9.52. The number of hydrogen-bond donors (Lipinski definition) is 1. The van der Waals surface area contributed by atoms with E-state index in [0.717, 1.165) is 11.3 Å². The second-order valence-corrected chi connectivity index (χ2v) is 17.4. The Morgan fingerprint density at radius 3 is 2.16 bits per heavy atom. The first-order valence-corrected chi connectivity index (χ1v) is 15.3. The summed E-state index contributed by atoms with van der Waals surface area (Å²) in [5.41, 5.74) is 1.92. The fourth-order valence-corrected chi connectivity index (χ4v) is 4.86. The summed E-state index contributed by atoms with van der Waals surface area (Å²) in [6.45, 7) is 17.8. The minimum Gasteiger partial charge on any atom is -0.598 e. The van der Waals surface area contributed by atoms with E-state index >= 15 is 0 Å². The molecule has 0 aliphatic heterocycles. The maximum Gasteiger partial charge on any atom is 0.193 e. The molecule has 1 aromatic carbocycles. The normalized spacial score (nSPS) is 15.9. The van der Waals surface area contributed by atoms with Crippen LogP contribution < -0.4 is 4.72 Å². The number of rotatable bonds is 10. The zero-order valence-electron chi connectivity index (χ0n) is 20.8. The molecule has 0 bridgehead atoms. The number of nitrogens with zero attached hydrogens (tertiary/aromatic N) is 1. The molecule has 0 aliphatic carbocycles. The van der Waals surface area contributed by atoms with Crippen LogP contribution in [0.25, 0.3) is 0 Å². The molecule has 0 saturated carbocycles. The van der Waals surface area contributed by atoms with Crippen molar-refractivity contribution >= 4 is 19.7 Å². The first kappa shape index (κ1) is 27.0. The molecule has 32 heavy (non-hydrogen) atoms. The van der Waals surface area contributed by atoms with Crippen molar-refractivity contribution in [2.75, 3.05) is 6.61 Å². The smallest absolute Gasteiger partial charge is 0.193 e. The molecule has 0 saturated heterocycles. The molecule has 0 fully saturated rings. The molecule has 7 heteroatoms. The van der Waals surface area contributed by atoms with Gasteiger partial charge in [-0.15, -0.1) is 4.72 Å². The summed E-state index contributed by atoms with van der Waals surface area (Å²) in [5, 5.41) is 0.0264. The molecule has 2 rings (SSSR count). The Morgan fingerprint density at radius 1 is 1.00 bits per heavy atom. The van der Waals surface area contributed by atoms with E-state index in [1.54, 1.807) is 6.20 Å². The van der Waals surface area contributed by atoms with Crippen LogP contribution in [0.4, 0.5) is 0 Å². The summed E-state index contributed by atoms with van der Waals surface area (Å²) in [6, 6.07) is 15.6. The third-order valence-electron chi connectivity index (χ3n) is 5.80. The van der Waals surface area contributed by atoms with E-state index in [9.17, 15) is 4.55 Å². The minimum atomic E-state index is -2.15. The van der Waals surface area contributed by atoms with E-state index in [0.29, 0.717) is 13.2 Å². The third kappa shape index (κ3) is 7.97. The van der Waals surface area contributed by atoms with Crippen LogP contribution in [0.2, 0.25) is 18.1 Å². The quantitative estimate of drug-likeness (QED) is 0.348. The Hall–Kier alpha value is -1.22. The molecule has 5 nitrogen and oxygen atoms in total. The van der Waals surface area contributed by atoms with Gasteiger partial charge in [-0.05, 0) is 56.6 Å². The van der Waals surface area contributed by atoms with Gasteiger partial charge in [-0.25, -0.2) is 0 Å². The molecule has 0 aliphatic rings. The molecule has 0 spiro atoms. The maximum atomic E-state index is 13.1. The Balaban J connectivity index is 2.33. The molecule has 1 aromatic heterocycles. The van der Waals surface area contributed by atoms with Crippen molar-refractivity contribution in [1.29, 1.82) is 0 Å². The van der Waals surface area contributed by atoms with Crippen molar-refractivity contribution in [2.45, 2.75) is 83.2 Å². The SMILES string of the molecule is CC(C)(C)[S+]([O-])NC(COCc1ccccc1)C(O[Si](C)(C)C(C)(C)C)c1ccccn1. The molecule has 178 valence electrons. The molecular weight excluding hydrogens is 436 g/mol. The standard InChI is InChI=1S/C25H40N2O3SSi/c1-24(2,3)31(28)27-22(19-29-18-20-14-10-9-11-15-20)23(21-16-12-13-17-26-21)30-32(7,8)25(4,5)6/h9-17,22-23,27H,18-19H2,1-8H3. The zero-order chi connectivity index (χ0) is 24.0. The van der Waals surface area contributed by atoms with Crippen LogP contribution >= 0.6 is 0 Å². The predicted molar refractivity (Wildman–Crippen MR) is 136 cm³/mol. The Bertz CT molecular complexity index is 807. The van der Waals surface area contributed by atoms with E-state index in [1.165, 1.54) is 0 Å². The third-order valence-corrected chi connectivity index (χ3v) is 11.9. The van der Waals surface area contributed by atoms with Gasteiger partial charge >= 0.3 is 0 Å². The molecule has 3 unspecified atom stereocenters. The van der Waals surface area contributed by atoms with Crippen LogP contribution in [0.3, 0.4) is 0 Å². The lowest BCUT2D eigenvalue weighted by Crippen LogP contribution is -2.52. The molecule has 2 aromatic rings. The van der Waals surface area contributed by atoms with Gasteiger partial charge < -0.3 is 13.7 Å². The summed E-state index contributed by atoms with van der Waals surface area (Å²) in [6.07, 6.45) is 1.40. The fourth-order valence-electron chi connectivity index (χ4n) is 2.76. The first-order chi connectivity index (χ1) is 14.8. The van der Waals surface area contributed by atoms with Crippen molar-refractivity contribution in [3.05, 3.63) is 66.0 Å². The van der Waals surface area contributed by atoms with E-state index in [-0.39, 0.29) is 17.2 Å². The van der Waals surface area contributed by atoms with Crippen LogP contribution in [0.1, 0.15) is 58.9 Å². The minimum absolute atomic E-state index is 0.0264. The van der Waals surface area contributed by atoms with Crippen LogP contribution in [-0.4, -0.2) is 35.2 Å². The molecule has 1 N–H and O–H groups in total. The summed E-state index contributed by atoms with van der Waals surface area (Å²) in [7, 11) is -2.15.